The quantitative estimate of drug-likeness (QED) is 0.156. The zero-order valence-corrected chi connectivity index (χ0v) is 37.1. The zero-order valence-electron chi connectivity index (χ0n) is 19.6. The van der Waals surface area contributed by atoms with Crippen molar-refractivity contribution in [1.82, 2.24) is 0 Å². The number of hydrogen-bond acceptors (Lipinski definition) is 18. The minimum atomic E-state index is -4.20. The molecule has 0 aliphatic carbocycles. The Hall–Kier alpha value is 1.98. The molecule has 0 unspecified atom stereocenters. The Balaban J connectivity index is -0.0000000444. The van der Waals surface area contributed by atoms with Gasteiger partial charge in [-0.25, -0.2) is 0 Å². The second-order valence-electron chi connectivity index (χ2n) is 4.25. The molecule has 0 saturated carbocycles. The first-order valence-corrected chi connectivity index (χ1v) is 29.4. The summed E-state index contributed by atoms with van der Waals surface area (Å²) in [5, 5.41) is 0. The van der Waals surface area contributed by atoms with Crippen LogP contribution in [0.3, 0.4) is 0 Å². The SMILES string of the molecule is F.F.F.F.F.F.[O]=[Sb]([O-])[O-].[O]=[Sb]([O-])[O-].[O]=[Sb]([O-])[O-].[O]=[Sb]([O-])[O-].[O]=[Sb]([O-])[O-].[O]=[Sb]([O-])[O]I(c1ccccc1)c1ccccc1. The van der Waals surface area contributed by atoms with Gasteiger partial charge < -0.3 is 0 Å². The third-order valence-corrected chi connectivity index (χ3v) is 11.2. The molecular formula is C12H16F6IO18Sb6-11. The van der Waals surface area contributed by atoms with E-state index in [0.717, 1.165) is 7.14 Å². The van der Waals surface area contributed by atoms with Crippen LogP contribution in [0.15, 0.2) is 60.7 Å². The van der Waals surface area contributed by atoms with Crippen LogP contribution in [0.5, 0.6) is 0 Å². The molecule has 0 spiro atoms. The van der Waals surface area contributed by atoms with Crippen molar-refractivity contribution in [3.05, 3.63) is 67.8 Å². The summed E-state index contributed by atoms with van der Waals surface area (Å²) in [6.45, 7) is 0. The fourth-order valence-electron chi connectivity index (χ4n) is 1.32. The van der Waals surface area contributed by atoms with Crippen LogP contribution in [0.2, 0.25) is 0 Å². The topological polar surface area (TPSA) is 365 Å². The van der Waals surface area contributed by atoms with E-state index in [0.29, 0.717) is 0 Å². The molecule has 0 fully saturated rings. The van der Waals surface area contributed by atoms with Crippen molar-refractivity contribution in [3.63, 3.8) is 0 Å². The second-order valence-corrected chi connectivity index (χ2v) is 18.9. The van der Waals surface area contributed by atoms with E-state index in [1.165, 1.54) is 0 Å². The van der Waals surface area contributed by atoms with E-state index in [1.54, 1.807) is 0 Å². The molecule has 0 atom stereocenters. The van der Waals surface area contributed by atoms with Gasteiger partial charge >= 0.3 is 271 Å². The molecule has 43 heavy (non-hydrogen) atoms. The van der Waals surface area contributed by atoms with Gasteiger partial charge in [0.05, 0.1) is 0 Å². The van der Waals surface area contributed by atoms with Crippen molar-refractivity contribution >= 4 is 146 Å². The molecule has 0 aliphatic heterocycles. The van der Waals surface area contributed by atoms with Crippen LogP contribution in [0.1, 0.15) is 0 Å². The molecule has 262 valence electrons. The Morgan fingerprint density at radius 1 is 0.395 bits per heavy atom. The monoisotopic (exact) mass is 1410 g/mol. The molecule has 2 aromatic carbocycles. The Bertz CT molecular complexity index is 847. The molecule has 0 N–H and O–H groups in total. The van der Waals surface area contributed by atoms with Gasteiger partial charge in [-0.1, -0.05) is 0 Å². The summed E-state index contributed by atoms with van der Waals surface area (Å²) in [5.74, 6) is 0. The molecule has 0 amide bonds. The number of benzene rings is 2. The van der Waals surface area contributed by atoms with Gasteiger partial charge in [0, 0.05) is 0 Å². The van der Waals surface area contributed by atoms with Crippen LogP contribution in [0.4, 0.5) is 28.2 Å². The van der Waals surface area contributed by atoms with Crippen molar-refractivity contribution < 1.29 is 84.9 Å². The average Bonchev–Trinajstić information content (AvgIpc) is 2.71. The summed E-state index contributed by atoms with van der Waals surface area (Å²) in [5.41, 5.74) is 0. The normalized spacial score (nSPS) is 7.37. The van der Waals surface area contributed by atoms with Gasteiger partial charge in [-0.3, -0.25) is 28.2 Å². The van der Waals surface area contributed by atoms with Gasteiger partial charge in [0.1, 0.15) is 0 Å². The summed E-state index contributed by atoms with van der Waals surface area (Å²) in [4.78, 5) is 0. The Morgan fingerprint density at radius 2 is 0.558 bits per heavy atom. The second kappa shape index (κ2) is 50.8. The first kappa shape index (κ1) is 71.1. The van der Waals surface area contributed by atoms with Crippen molar-refractivity contribution in [2.24, 2.45) is 0 Å². The van der Waals surface area contributed by atoms with E-state index in [4.69, 9.17) is 50.3 Å². The molecule has 18 nitrogen and oxygen atoms in total. The van der Waals surface area contributed by atoms with Crippen LogP contribution < -0.4 is 37.2 Å². The third-order valence-electron chi connectivity index (χ3n) is 1.99. The predicted octanol–water partition coefficient (Wildman–Crippen LogP) is -11.5. The summed E-state index contributed by atoms with van der Waals surface area (Å²) in [6, 6.07) is 19.2. The van der Waals surface area contributed by atoms with E-state index in [-0.39, 0.29) is 28.2 Å². The van der Waals surface area contributed by atoms with Crippen LogP contribution in [0, 0.1) is 7.14 Å². The molecule has 6 radical (unpaired) electrons. The summed E-state index contributed by atoms with van der Waals surface area (Å²) in [6.07, 6.45) is 0. The average molecular weight is 1420 g/mol. The molecule has 0 bridgehead atoms. The summed E-state index contributed by atoms with van der Waals surface area (Å²) < 4.78 is 158. The standard InChI is InChI=1S/C12H10IO.6FH.17O.6Sb/c14-13(11-7-3-1-4-8-11)12-9-5-2-6-10-12;;;;;;;;;;;;;;;;;;;;;;;;;;;;;/h1-10H;6*1H;;;;;;;;;;;;;;;;;;;;;;;/q-1;;;;;;;;;;;;;11*-1;;;;;;+1. The molecule has 31 heteroatoms. The van der Waals surface area contributed by atoms with E-state index in [9.17, 15) is 6.40 Å². The molecule has 0 saturated heterocycles. The Labute approximate surface area is 294 Å². The van der Waals surface area contributed by atoms with Gasteiger partial charge in [-0.05, 0) is 0 Å². The fourth-order valence-corrected chi connectivity index (χ4v) is 10.2. The van der Waals surface area contributed by atoms with Crippen LogP contribution in [-0.2, 0) is 19.4 Å². The van der Waals surface area contributed by atoms with Crippen LogP contribution in [-0.4, -0.2) is 126 Å². The van der Waals surface area contributed by atoms with Crippen molar-refractivity contribution in [1.29, 1.82) is 0 Å². The number of rotatable bonds is 4. The number of halogens is 7. The summed E-state index contributed by atoms with van der Waals surface area (Å²) in [7, 11) is 0. The van der Waals surface area contributed by atoms with E-state index < -0.39 is 146 Å². The Morgan fingerprint density at radius 3 is 0.698 bits per heavy atom. The van der Waals surface area contributed by atoms with E-state index >= 15 is 0 Å². The van der Waals surface area contributed by atoms with Gasteiger partial charge in [-0.2, -0.15) is 0 Å². The molecule has 0 aromatic heterocycles. The minimum absolute atomic E-state index is 0. The first-order valence-electron chi connectivity index (χ1n) is 7.64. The van der Waals surface area contributed by atoms with Gasteiger partial charge in [-0.15, -0.1) is 0 Å². The van der Waals surface area contributed by atoms with Gasteiger partial charge in [0.25, 0.3) is 0 Å². The van der Waals surface area contributed by atoms with Gasteiger partial charge in [0.2, 0.25) is 0 Å². The Kier molecular flexibility index (Phi) is 84.0. The van der Waals surface area contributed by atoms with E-state index in [2.05, 4.69) is 0 Å². The third kappa shape index (κ3) is 86.2. The van der Waals surface area contributed by atoms with Crippen LogP contribution >= 0.6 is 20.2 Å². The zero-order chi connectivity index (χ0) is 30.0. The maximum atomic E-state index is 10.9. The van der Waals surface area contributed by atoms with E-state index in [1.807, 2.05) is 60.7 Å². The number of hydrogen-bond donors (Lipinski definition) is 0. The molecular weight excluding hydrogens is 1400 g/mol. The van der Waals surface area contributed by atoms with Crippen molar-refractivity contribution in [2.75, 3.05) is 0 Å². The van der Waals surface area contributed by atoms with Gasteiger partial charge in [0.15, 0.2) is 0 Å². The first-order chi connectivity index (χ1) is 16.9. The molecule has 2 aromatic rings. The van der Waals surface area contributed by atoms with Crippen LogP contribution in [0.25, 0.3) is 0 Å². The van der Waals surface area contributed by atoms with Crippen molar-refractivity contribution in [3.8, 4) is 0 Å². The fraction of sp³-hybridized carbons (Fsp3) is 0. The molecule has 0 heterocycles. The molecule has 2 rings (SSSR count). The predicted molar refractivity (Wildman–Crippen MR) is 119 cm³/mol. The molecule has 0 aliphatic rings. The maximum absolute atomic E-state index is 10.9. The van der Waals surface area contributed by atoms with Crippen molar-refractivity contribution in [2.45, 2.75) is 0 Å². The summed E-state index contributed by atoms with van der Waals surface area (Å²) >= 11 is -27.2.